The van der Waals surface area contributed by atoms with Gasteiger partial charge >= 0.3 is 0 Å². The van der Waals surface area contributed by atoms with E-state index in [0.29, 0.717) is 13.0 Å². The molecule has 1 heterocycles. The number of hydrogen-bond acceptors (Lipinski definition) is 4. The fourth-order valence-corrected chi connectivity index (χ4v) is 2.24. The normalized spacial score (nSPS) is 14.6. The Morgan fingerprint density at radius 3 is 2.75 bits per heavy atom. The van der Waals surface area contributed by atoms with Crippen LogP contribution in [0.25, 0.3) is 0 Å². The first kappa shape index (κ1) is 19.9. The predicted molar refractivity (Wildman–Crippen MR) is 95.3 cm³/mol. The van der Waals surface area contributed by atoms with Crippen molar-refractivity contribution in [2.75, 3.05) is 6.61 Å². The van der Waals surface area contributed by atoms with Gasteiger partial charge in [0, 0.05) is 13.0 Å². The Labute approximate surface area is 144 Å². The molecule has 132 valence electrons. The number of ether oxygens (including phenoxy) is 1. The lowest BCUT2D eigenvalue weighted by Gasteiger charge is -2.32. The van der Waals surface area contributed by atoms with E-state index in [1.165, 1.54) is 6.39 Å². The zero-order chi connectivity index (χ0) is 18.0. The summed E-state index contributed by atoms with van der Waals surface area (Å²) in [6.45, 7) is 8.20. The lowest BCUT2D eigenvalue weighted by atomic mass is 9.82. The van der Waals surface area contributed by atoms with Gasteiger partial charge in [-0.2, -0.15) is 0 Å². The number of carbonyl (C=O) groups is 1. The van der Waals surface area contributed by atoms with Crippen molar-refractivity contribution in [1.29, 1.82) is 0 Å². The maximum atomic E-state index is 11.7. The molecule has 0 aliphatic carbocycles. The summed E-state index contributed by atoms with van der Waals surface area (Å²) in [5, 5.41) is 0. The molecule has 5 nitrogen and oxygen atoms in total. The van der Waals surface area contributed by atoms with Crippen LogP contribution in [0.3, 0.4) is 0 Å². The quantitative estimate of drug-likeness (QED) is 0.664. The van der Waals surface area contributed by atoms with Crippen molar-refractivity contribution < 1.29 is 13.9 Å². The van der Waals surface area contributed by atoms with Crippen molar-refractivity contribution in [1.82, 2.24) is 4.98 Å². The molecule has 0 aliphatic heterocycles. The summed E-state index contributed by atoms with van der Waals surface area (Å²) in [7, 11) is 0. The summed E-state index contributed by atoms with van der Waals surface area (Å²) >= 11 is 0. The standard InChI is InChI=1S/C19H28N2O3/c1-5-12-23-17(19(3,4)18(20)22)15(2)10-8-6-7-9-11-16-13-21-14-24-16/h6-10,13-14,17H,5,11-12H2,1-4H3,(H2,20,22)/b8-6-,9-7+,15-10-. The largest absolute Gasteiger partial charge is 0.448 e. The van der Waals surface area contributed by atoms with Crippen LogP contribution in [0, 0.1) is 5.41 Å². The predicted octanol–water partition coefficient (Wildman–Crippen LogP) is 3.58. The Bertz CT molecular complexity index is 584. The van der Waals surface area contributed by atoms with Crippen molar-refractivity contribution in [3.8, 4) is 0 Å². The van der Waals surface area contributed by atoms with Crippen molar-refractivity contribution >= 4 is 5.91 Å². The fraction of sp³-hybridized carbons (Fsp3) is 0.474. The molecule has 1 unspecified atom stereocenters. The third kappa shape index (κ3) is 6.16. The molecule has 0 saturated carbocycles. The van der Waals surface area contributed by atoms with Crippen LogP contribution in [0.4, 0.5) is 0 Å². The minimum absolute atomic E-state index is 0.335. The van der Waals surface area contributed by atoms with Gasteiger partial charge in [-0.15, -0.1) is 0 Å². The highest BCUT2D eigenvalue weighted by Crippen LogP contribution is 2.28. The van der Waals surface area contributed by atoms with Gasteiger partial charge in [0.2, 0.25) is 5.91 Å². The van der Waals surface area contributed by atoms with Crippen molar-refractivity contribution in [2.24, 2.45) is 11.1 Å². The van der Waals surface area contributed by atoms with Crippen molar-refractivity contribution in [3.63, 3.8) is 0 Å². The van der Waals surface area contributed by atoms with E-state index in [1.807, 2.05) is 58.1 Å². The summed E-state index contributed by atoms with van der Waals surface area (Å²) in [5.74, 6) is 0.454. The smallest absolute Gasteiger partial charge is 0.226 e. The number of rotatable bonds is 10. The number of nitrogens with zero attached hydrogens (tertiary/aromatic N) is 1. The van der Waals surface area contributed by atoms with Gasteiger partial charge in [0.05, 0.1) is 17.7 Å². The maximum absolute atomic E-state index is 11.7. The van der Waals surface area contributed by atoms with Gasteiger partial charge < -0.3 is 14.9 Å². The number of oxazole rings is 1. The molecule has 1 aromatic heterocycles. The van der Waals surface area contributed by atoms with Crippen LogP contribution < -0.4 is 5.73 Å². The topological polar surface area (TPSA) is 78.3 Å². The van der Waals surface area contributed by atoms with E-state index in [-0.39, 0.29) is 12.0 Å². The first-order valence-electron chi connectivity index (χ1n) is 8.18. The van der Waals surface area contributed by atoms with Crippen LogP contribution in [-0.2, 0) is 16.0 Å². The van der Waals surface area contributed by atoms with Crippen LogP contribution >= 0.6 is 0 Å². The summed E-state index contributed by atoms with van der Waals surface area (Å²) in [5.41, 5.74) is 5.74. The molecule has 24 heavy (non-hydrogen) atoms. The van der Waals surface area contributed by atoms with E-state index in [2.05, 4.69) is 4.98 Å². The Balaban J connectivity index is 2.68. The lowest BCUT2D eigenvalue weighted by molar-refractivity contribution is -0.133. The highest BCUT2D eigenvalue weighted by atomic mass is 16.5. The van der Waals surface area contributed by atoms with E-state index in [0.717, 1.165) is 17.8 Å². The average Bonchev–Trinajstić information content (AvgIpc) is 3.04. The van der Waals surface area contributed by atoms with E-state index in [4.69, 9.17) is 14.9 Å². The molecule has 0 radical (unpaired) electrons. The zero-order valence-electron chi connectivity index (χ0n) is 15.0. The zero-order valence-corrected chi connectivity index (χ0v) is 15.0. The molecular weight excluding hydrogens is 304 g/mol. The molecule has 1 atom stereocenters. The van der Waals surface area contributed by atoms with Gasteiger partial charge in [0.1, 0.15) is 5.76 Å². The van der Waals surface area contributed by atoms with E-state index >= 15 is 0 Å². The molecule has 1 aromatic rings. The molecule has 0 saturated heterocycles. The number of carbonyl (C=O) groups excluding carboxylic acids is 1. The number of nitrogens with two attached hydrogens (primary N) is 1. The molecule has 5 heteroatoms. The van der Waals surface area contributed by atoms with Gasteiger partial charge in [-0.3, -0.25) is 4.79 Å². The summed E-state index contributed by atoms with van der Waals surface area (Å²) in [6.07, 6.45) is 14.1. The van der Waals surface area contributed by atoms with E-state index in [9.17, 15) is 4.79 Å². The van der Waals surface area contributed by atoms with Crippen LogP contribution in [0.15, 0.2) is 53.0 Å². The number of primary amides is 1. The van der Waals surface area contributed by atoms with E-state index < -0.39 is 5.41 Å². The summed E-state index contributed by atoms with van der Waals surface area (Å²) in [4.78, 5) is 15.6. The SMILES string of the molecule is CCCOC(\C(C)=C/C=C\C=C\Cc1cnco1)C(C)(C)C(N)=O. The minimum Gasteiger partial charge on any atom is -0.448 e. The third-order valence-corrected chi connectivity index (χ3v) is 3.71. The second kappa shape index (κ2) is 9.88. The molecule has 0 spiro atoms. The van der Waals surface area contributed by atoms with Gasteiger partial charge in [0.15, 0.2) is 6.39 Å². The lowest BCUT2D eigenvalue weighted by Crippen LogP contribution is -2.44. The molecular formula is C19H28N2O3. The first-order chi connectivity index (χ1) is 11.4. The number of aromatic nitrogens is 1. The Kier molecular flexibility index (Phi) is 8.19. The molecule has 1 rings (SSSR count). The molecule has 0 aromatic carbocycles. The molecule has 0 bridgehead atoms. The fourth-order valence-electron chi connectivity index (χ4n) is 2.24. The highest BCUT2D eigenvalue weighted by Gasteiger charge is 2.36. The first-order valence-corrected chi connectivity index (χ1v) is 8.18. The van der Waals surface area contributed by atoms with Gasteiger partial charge in [-0.05, 0) is 32.8 Å². The Morgan fingerprint density at radius 1 is 1.42 bits per heavy atom. The van der Waals surface area contributed by atoms with Gasteiger partial charge in [-0.25, -0.2) is 4.98 Å². The van der Waals surface area contributed by atoms with Crippen molar-refractivity contribution in [2.45, 2.75) is 46.6 Å². The third-order valence-electron chi connectivity index (χ3n) is 3.71. The van der Waals surface area contributed by atoms with Crippen LogP contribution in [-0.4, -0.2) is 23.6 Å². The molecule has 2 N–H and O–H groups in total. The number of amides is 1. The number of allylic oxidation sites excluding steroid dienone is 5. The minimum atomic E-state index is -0.758. The molecule has 0 fully saturated rings. The highest BCUT2D eigenvalue weighted by molar-refractivity contribution is 5.81. The van der Waals surface area contributed by atoms with Crippen LogP contribution in [0.1, 0.15) is 39.9 Å². The van der Waals surface area contributed by atoms with E-state index in [1.54, 1.807) is 6.20 Å². The Morgan fingerprint density at radius 2 is 2.17 bits per heavy atom. The van der Waals surface area contributed by atoms with Gasteiger partial charge in [-0.1, -0.05) is 37.3 Å². The second-order valence-electron chi connectivity index (χ2n) is 6.23. The number of hydrogen-bond donors (Lipinski definition) is 1. The molecule has 1 amide bonds. The van der Waals surface area contributed by atoms with Crippen LogP contribution in [0.5, 0.6) is 0 Å². The van der Waals surface area contributed by atoms with Crippen molar-refractivity contribution in [3.05, 3.63) is 54.3 Å². The van der Waals surface area contributed by atoms with Crippen LogP contribution in [0.2, 0.25) is 0 Å². The monoisotopic (exact) mass is 332 g/mol. The Hall–Kier alpha value is -2.14. The summed E-state index contributed by atoms with van der Waals surface area (Å²) in [6, 6.07) is 0. The summed E-state index contributed by atoms with van der Waals surface area (Å²) < 4.78 is 11.0. The second-order valence-corrected chi connectivity index (χ2v) is 6.23. The molecule has 0 aliphatic rings. The average molecular weight is 332 g/mol. The van der Waals surface area contributed by atoms with Gasteiger partial charge in [0.25, 0.3) is 0 Å². The maximum Gasteiger partial charge on any atom is 0.226 e.